The number of thioether (sulfide) groups is 1. The molecule has 0 saturated carbocycles. The van der Waals surface area contributed by atoms with E-state index in [4.69, 9.17) is 4.74 Å². The summed E-state index contributed by atoms with van der Waals surface area (Å²) < 4.78 is 5.38. The largest absolute Gasteiger partial charge is 0.449 e. The van der Waals surface area contributed by atoms with Gasteiger partial charge in [0, 0.05) is 24.0 Å². The molecule has 1 aliphatic rings. The van der Waals surface area contributed by atoms with Gasteiger partial charge in [0.15, 0.2) is 6.10 Å². The van der Waals surface area contributed by atoms with Gasteiger partial charge in [0.25, 0.3) is 5.91 Å². The van der Waals surface area contributed by atoms with Crippen LogP contribution in [0.15, 0.2) is 29.2 Å². The minimum absolute atomic E-state index is 0.0701. The summed E-state index contributed by atoms with van der Waals surface area (Å²) in [5, 5.41) is 2.81. The van der Waals surface area contributed by atoms with Crippen LogP contribution in [-0.4, -0.2) is 53.7 Å². The van der Waals surface area contributed by atoms with Crippen molar-refractivity contribution in [2.45, 2.75) is 50.7 Å². The number of nitrogens with one attached hydrogen (secondary N) is 1. The van der Waals surface area contributed by atoms with Gasteiger partial charge in [-0.3, -0.25) is 9.59 Å². The van der Waals surface area contributed by atoms with Crippen molar-refractivity contribution in [3.8, 4) is 0 Å². The third kappa shape index (κ3) is 5.76. The van der Waals surface area contributed by atoms with Gasteiger partial charge in [0.1, 0.15) is 0 Å². The Morgan fingerprint density at radius 3 is 2.46 bits per heavy atom. The first-order chi connectivity index (χ1) is 12.4. The van der Waals surface area contributed by atoms with E-state index < -0.39 is 12.1 Å². The van der Waals surface area contributed by atoms with Crippen LogP contribution in [0.1, 0.15) is 44.0 Å². The molecule has 26 heavy (non-hydrogen) atoms. The topological polar surface area (TPSA) is 75.7 Å². The average Bonchev–Trinajstić information content (AvgIpc) is 3.13. The van der Waals surface area contributed by atoms with Crippen LogP contribution in [0.25, 0.3) is 0 Å². The zero-order chi connectivity index (χ0) is 19.1. The Kier molecular flexibility index (Phi) is 7.50. The highest BCUT2D eigenvalue weighted by Crippen LogP contribution is 2.24. The highest BCUT2D eigenvalue weighted by molar-refractivity contribution is 8.00. The molecule has 1 saturated heterocycles. The van der Waals surface area contributed by atoms with E-state index >= 15 is 0 Å². The fourth-order valence-corrected chi connectivity index (χ4v) is 3.59. The first-order valence-corrected chi connectivity index (χ1v) is 9.88. The predicted molar refractivity (Wildman–Crippen MR) is 101 cm³/mol. The van der Waals surface area contributed by atoms with Gasteiger partial charge in [-0.15, -0.1) is 11.8 Å². The third-order valence-electron chi connectivity index (χ3n) is 3.96. The van der Waals surface area contributed by atoms with E-state index in [1.54, 1.807) is 36.1 Å². The summed E-state index contributed by atoms with van der Waals surface area (Å²) in [5.74, 6) is -0.578. The number of hydrogen-bond donors (Lipinski definition) is 1. The quantitative estimate of drug-likeness (QED) is 0.583. The van der Waals surface area contributed by atoms with Gasteiger partial charge in [-0.05, 0) is 45.7 Å². The monoisotopic (exact) mass is 378 g/mol. The Hall–Kier alpha value is -2.02. The average molecular weight is 378 g/mol. The molecule has 0 bridgehead atoms. The Morgan fingerprint density at radius 1 is 1.15 bits per heavy atom. The third-order valence-corrected chi connectivity index (χ3v) is 5.04. The van der Waals surface area contributed by atoms with Gasteiger partial charge in [-0.1, -0.05) is 12.1 Å². The first kappa shape index (κ1) is 20.3. The van der Waals surface area contributed by atoms with Crippen molar-refractivity contribution in [2.24, 2.45) is 0 Å². The van der Waals surface area contributed by atoms with Crippen LogP contribution in [-0.2, 0) is 14.3 Å². The van der Waals surface area contributed by atoms with Crippen LogP contribution in [0.4, 0.5) is 0 Å². The van der Waals surface area contributed by atoms with E-state index in [1.165, 1.54) is 11.8 Å². The molecule has 0 unspecified atom stereocenters. The second kappa shape index (κ2) is 9.62. The van der Waals surface area contributed by atoms with E-state index in [0.29, 0.717) is 10.5 Å². The lowest BCUT2D eigenvalue weighted by Crippen LogP contribution is -2.38. The summed E-state index contributed by atoms with van der Waals surface area (Å²) in [6, 6.07) is 7.04. The van der Waals surface area contributed by atoms with Crippen LogP contribution in [0.5, 0.6) is 0 Å². The summed E-state index contributed by atoms with van der Waals surface area (Å²) in [6.45, 7) is 6.83. The van der Waals surface area contributed by atoms with Crippen LogP contribution in [0.2, 0.25) is 0 Å². The van der Waals surface area contributed by atoms with Gasteiger partial charge >= 0.3 is 5.97 Å². The van der Waals surface area contributed by atoms with Crippen LogP contribution in [0.3, 0.4) is 0 Å². The molecule has 1 N–H and O–H groups in total. The molecule has 6 nitrogen and oxygen atoms in total. The van der Waals surface area contributed by atoms with Gasteiger partial charge in [-0.25, -0.2) is 4.79 Å². The SMILES string of the molecule is CC(C)NC(=O)CSc1ccccc1C(=O)O[C@@H](C)C(=O)N1CCCC1. The van der Waals surface area contributed by atoms with Crippen molar-refractivity contribution >= 4 is 29.5 Å². The minimum Gasteiger partial charge on any atom is -0.449 e. The van der Waals surface area contributed by atoms with Crippen molar-refractivity contribution < 1.29 is 19.1 Å². The zero-order valence-electron chi connectivity index (χ0n) is 15.5. The lowest BCUT2D eigenvalue weighted by Gasteiger charge is -2.20. The van der Waals surface area contributed by atoms with Crippen molar-refractivity contribution in [1.82, 2.24) is 10.2 Å². The molecule has 1 atom stereocenters. The predicted octanol–water partition coefficient (Wildman–Crippen LogP) is 2.47. The lowest BCUT2D eigenvalue weighted by atomic mass is 10.2. The minimum atomic E-state index is -0.817. The summed E-state index contributed by atoms with van der Waals surface area (Å²) in [4.78, 5) is 39.0. The number of amides is 2. The van der Waals surface area contributed by atoms with Crippen molar-refractivity contribution in [1.29, 1.82) is 0 Å². The number of carbonyl (C=O) groups excluding carboxylic acids is 3. The fourth-order valence-electron chi connectivity index (χ4n) is 2.74. The molecule has 1 fully saturated rings. The molecule has 142 valence electrons. The molecule has 2 amide bonds. The zero-order valence-corrected chi connectivity index (χ0v) is 16.3. The Balaban J connectivity index is 1.97. The molecule has 0 radical (unpaired) electrons. The highest BCUT2D eigenvalue weighted by atomic mass is 32.2. The molecule has 1 heterocycles. The lowest BCUT2D eigenvalue weighted by molar-refractivity contribution is -0.138. The van der Waals surface area contributed by atoms with E-state index in [1.807, 2.05) is 13.8 Å². The number of carbonyl (C=O) groups is 3. The molecular weight excluding hydrogens is 352 g/mol. The normalized spacial score (nSPS) is 15.0. The molecule has 1 aromatic carbocycles. The molecule has 1 aromatic rings. The molecule has 0 aliphatic carbocycles. The standard InChI is InChI=1S/C19H26N2O4S/c1-13(2)20-17(22)12-26-16-9-5-4-8-15(16)19(24)25-14(3)18(23)21-10-6-7-11-21/h4-5,8-9,13-14H,6-7,10-12H2,1-3H3,(H,20,22)/t14-/m0/s1. The van der Waals surface area contributed by atoms with Crippen molar-refractivity contribution in [3.05, 3.63) is 29.8 Å². The number of nitrogens with zero attached hydrogens (tertiary/aromatic N) is 1. The summed E-state index contributed by atoms with van der Waals surface area (Å²) in [5.41, 5.74) is 0.371. The second-order valence-electron chi connectivity index (χ2n) is 6.59. The van der Waals surface area contributed by atoms with Crippen molar-refractivity contribution in [2.75, 3.05) is 18.8 Å². The molecule has 0 aromatic heterocycles. The van der Waals surface area contributed by atoms with Crippen LogP contribution >= 0.6 is 11.8 Å². The number of hydrogen-bond acceptors (Lipinski definition) is 5. The smallest absolute Gasteiger partial charge is 0.340 e. The second-order valence-corrected chi connectivity index (χ2v) is 7.60. The summed E-state index contributed by atoms with van der Waals surface area (Å²) in [7, 11) is 0. The maximum absolute atomic E-state index is 12.5. The van der Waals surface area contributed by atoms with Crippen molar-refractivity contribution in [3.63, 3.8) is 0 Å². The maximum Gasteiger partial charge on any atom is 0.340 e. The van der Waals surface area contributed by atoms with E-state index in [0.717, 1.165) is 25.9 Å². The molecule has 1 aliphatic heterocycles. The Bertz CT molecular complexity index is 657. The number of benzene rings is 1. The molecule has 2 rings (SSSR count). The molecule has 0 spiro atoms. The number of rotatable bonds is 7. The van der Waals surface area contributed by atoms with E-state index in [2.05, 4.69) is 5.32 Å². The molecular formula is C19H26N2O4S. The number of likely N-dealkylation sites (tertiary alicyclic amines) is 1. The van der Waals surface area contributed by atoms with Gasteiger partial charge in [-0.2, -0.15) is 0 Å². The van der Waals surface area contributed by atoms with Crippen LogP contribution < -0.4 is 5.32 Å². The number of esters is 1. The Morgan fingerprint density at radius 2 is 1.81 bits per heavy atom. The summed E-state index contributed by atoms with van der Waals surface area (Å²) in [6.07, 6.45) is 1.16. The maximum atomic E-state index is 12.5. The van der Waals surface area contributed by atoms with Gasteiger partial charge < -0.3 is 15.0 Å². The molecule has 7 heteroatoms. The Labute approximate surface area is 158 Å². The number of ether oxygens (including phenoxy) is 1. The first-order valence-electron chi connectivity index (χ1n) is 8.89. The summed E-state index contributed by atoms with van der Waals surface area (Å²) >= 11 is 1.28. The van der Waals surface area contributed by atoms with Gasteiger partial charge in [0.2, 0.25) is 5.91 Å². The van der Waals surface area contributed by atoms with E-state index in [-0.39, 0.29) is 23.6 Å². The highest BCUT2D eigenvalue weighted by Gasteiger charge is 2.27. The fraction of sp³-hybridized carbons (Fsp3) is 0.526. The van der Waals surface area contributed by atoms with E-state index in [9.17, 15) is 14.4 Å². The van der Waals surface area contributed by atoms with Crippen LogP contribution in [0, 0.1) is 0 Å². The van der Waals surface area contributed by atoms with Gasteiger partial charge in [0.05, 0.1) is 11.3 Å².